The molecule has 6 rings (SSSR count). The fourth-order valence-electron chi connectivity index (χ4n) is 7.43. The monoisotopic (exact) mass is 636 g/mol. The number of fused-ring (bicyclic) bond motifs is 1. The summed E-state index contributed by atoms with van der Waals surface area (Å²) in [5.74, 6) is 0.914. The van der Waals surface area contributed by atoms with Crippen molar-refractivity contribution in [1.82, 2.24) is 30.2 Å². The van der Waals surface area contributed by atoms with Crippen molar-refractivity contribution in [1.29, 1.82) is 5.41 Å². The van der Waals surface area contributed by atoms with Crippen LogP contribution in [0.15, 0.2) is 35.8 Å². The lowest BCUT2D eigenvalue weighted by Crippen LogP contribution is -2.48. The molecule has 0 spiro atoms. The Morgan fingerprint density at radius 2 is 1.83 bits per heavy atom. The minimum Gasteiger partial charge on any atom is -0.385 e. The lowest BCUT2D eigenvalue weighted by molar-refractivity contribution is -0.133. The van der Waals surface area contributed by atoms with Crippen molar-refractivity contribution >= 4 is 23.3 Å². The smallest absolute Gasteiger partial charge is 0.264 e. The van der Waals surface area contributed by atoms with Crippen molar-refractivity contribution in [2.75, 3.05) is 50.7 Å². The van der Waals surface area contributed by atoms with Crippen molar-refractivity contribution in [3.63, 3.8) is 0 Å². The number of anilines is 1. The zero-order chi connectivity index (χ0) is 32.4. The van der Waals surface area contributed by atoms with Gasteiger partial charge in [-0.1, -0.05) is 0 Å². The summed E-state index contributed by atoms with van der Waals surface area (Å²) in [6.07, 6.45) is 7.15. The topological polar surface area (TPSA) is 110 Å². The Balaban J connectivity index is 1.21. The van der Waals surface area contributed by atoms with Gasteiger partial charge in [-0.2, -0.15) is 5.10 Å². The van der Waals surface area contributed by atoms with E-state index in [1.54, 1.807) is 42.0 Å². The standard InChI is InChI=1S/C34H46F2N8O2/c1-22(45)43-15-9-30(40-26-7-13-42(14-8-26)32(46)16-23-5-10-38-11-6-23)29(21-43)34(37)44-12-3-4-24-17-27(25-19-39-41(2)20-25)28(33(35)36)18-31(24)44/h17-20,23,26,33,37-38,40H,3-16,21H2,1-2H3. The summed E-state index contributed by atoms with van der Waals surface area (Å²) in [6.45, 7) is 6.32. The van der Waals surface area contributed by atoms with Crippen LogP contribution >= 0.6 is 0 Å². The van der Waals surface area contributed by atoms with Crippen LogP contribution in [0.3, 0.4) is 0 Å². The van der Waals surface area contributed by atoms with Crippen LogP contribution < -0.4 is 15.5 Å². The van der Waals surface area contributed by atoms with Crippen molar-refractivity contribution in [2.45, 2.75) is 70.8 Å². The molecule has 5 heterocycles. The molecule has 0 saturated carbocycles. The maximum absolute atomic E-state index is 14.4. The molecule has 12 heteroatoms. The Morgan fingerprint density at radius 1 is 1.07 bits per heavy atom. The summed E-state index contributed by atoms with van der Waals surface area (Å²) >= 11 is 0. The van der Waals surface area contributed by atoms with Crippen LogP contribution in [0.2, 0.25) is 0 Å². The highest BCUT2D eigenvalue weighted by atomic mass is 19.3. The number of benzene rings is 1. The number of nitrogens with one attached hydrogen (secondary N) is 3. The third-order valence-corrected chi connectivity index (χ3v) is 10.1. The van der Waals surface area contributed by atoms with Crippen LogP contribution in [0.1, 0.15) is 69.4 Å². The molecule has 0 unspecified atom stereocenters. The number of carbonyl (C=O) groups excluding carboxylic acids is 2. The molecule has 0 atom stereocenters. The molecule has 46 heavy (non-hydrogen) atoms. The normalized spacial score (nSPS) is 19.9. The zero-order valence-corrected chi connectivity index (χ0v) is 27.0. The van der Waals surface area contributed by atoms with Crippen LogP contribution in [-0.2, 0) is 23.1 Å². The van der Waals surface area contributed by atoms with E-state index in [0.717, 1.165) is 68.4 Å². The van der Waals surface area contributed by atoms with E-state index < -0.39 is 6.43 Å². The number of carbonyl (C=O) groups is 2. The molecular formula is C34H46F2N8O2. The van der Waals surface area contributed by atoms with Gasteiger partial charge in [0.2, 0.25) is 11.8 Å². The second kappa shape index (κ2) is 13.9. The van der Waals surface area contributed by atoms with E-state index in [1.807, 2.05) is 15.9 Å². The number of aryl methyl sites for hydroxylation is 2. The molecule has 1 aromatic heterocycles. The highest BCUT2D eigenvalue weighted by molar-refractivity contribution is 6.09. The number of rotatable bonds is 7. The average molecular weight is 637 g/mol. The number of hydrogen-bond acceptors (Lipinski definition) is 6. The molecule has 2 fully saturated rings. The fourth-order valence-corrected chi connectivity index (χ4v) is 7.43. The SMILES string of the molecule is CC(=O)N1CCC(NC2CCN(C(=O)CC3CCNCC3)CC2)=C(C(=N)N2CCCc3cc(-c4cnn(C)c4)c(C(F)F)cc32)C1. The van der Waals surface area contributed by atoms with E-state index in [1.165, 1.54) is 0 Å². The van der Waals surface area contributed by atoms with E-state index in [-0.39, 0.29) is 29.3 Å². The van der Waals surface area contributed by atoms with Gasteiger partial charge in [-0.25, -0.2) is 8.78 Å². The molecule has 0 radical (unpaired) electrons. The summed E-state index contributed by atoms with van der Waals surface area (Å²) in [7, 11) is 1.76. The third-order valence-electron chi connectivity index (χ3n) is 10.1. The third kappa shape index (κ3) is 6.96. The largest absolute Gasteiger partial charge is 0.385 e. The van der Waals surface area contributed by atoms with Gasteiger partial charge < -0.3 is 25.3 Å². The van der Waals surface area contributed by atoms with Gasteiger partial charge in [0, 0.05) is 93.3 Å². The number of alkyl halides is 2. The summed E-state index contributed by atoms with van der Waals surface area (Å²) in [5, 5.41) is 20.7. The molecule has 1 aromatic carbocycles. The molecule has 248 valence electrons. The van der Waals surface area contributed by atoms with E-state index in [2.05, 4.69) is 15.7 Å². The van der Waals surface area contributed by atoms with E-state index >= 15 is 0 Å². The summed E-state index contributed by atoms with van der Waals surface area (Å²) in [4.78, 5) is 31.0. The van der Waals surface area contributed by atoms with Crippen LogP contribution in [0.25, 0.3) is 11.1 Å². The molecule has 2 aromatic rings. The molecule has 0 aliphatic carbocycles. The van der Waals surface area contributed by atoms with Crippen LogP contribution in [0, 0.1) is 11.3 Å². The lowest BCUT2D eigenvalue weighted by Gasteiger charge is -2.39. The Kier molecular flexibility index (Phi) is 9.72. The number of likely N-dealkylation sites (tertiary alicyclic amines) is 1. The molecule has 2 amide bonds. The Bertz CT molecular complexity index is 1490. The number of aromatic nitrogens is 2. The summed E-state index contributed by atoms with van der Waals surface area (Å²) < 4.78 is 30.5. The highest BCUT2D eigenvalue weighted by Crippen LogP contribution is 2.39. The van der Waals surface area contributed by atoms with Gasteiger partial charge >= 0.3 is 0 Å². The van der Waals surface area contributed by atoms with Crippen LogP contribution in [0.5, 0.6) is 0 Å². The molecule has 2 saturated heterocycles. The maximum atomic E-state index is 14.4. The number of amidine groups is 1. The number of nitrogens with zero attached hydrogens (tertiary/aromatic N) is 5. The van der Waals surface area contributed by atoms with Gasteiger partial charge in [0.25, 0.3) is 6.43 Å². The summed E-state index contributed by atoms with van der Waals surface area (Å²) in [6, 6.07) is 3.54. The van der Waals surface area contributed by atoms with Crippen molar-refractivity contribution < 1.29 is 18.4 Å². The first kappa shape index (κ1) is 32.2. The quantitative estimate of drug-likeness (QED) is 0.310. The van der Waals surface area contributed by atoms with Crippen LogP contribution in [0.4, 0.5) is 14.5 Å². The highest BCUT2D eigenvalue weighted by Gasteiger charge is 2.32. The van der Waals surface area contributed by atoms with Gasteiger partial charge in [0.05, 0.1) is 12.7 Å². The van der Waals surface area contributed by atoms with Gasteiger partial charge in [0.15, 0.2) is 0 Å². The first-order valence-electron chi connectivity index (χ1n) is 16.7. The first-order chi connectivity index (χ1) is 22.2. The molecule has 3 N–H and O–H groups in total. The number of halogens is 2. The van der Waals surface area contributed by atoms with Gasteiger partial charge in [0.1, 0.15) is 5.84 Å². The second-order valence-corrected chi connectivity index (χ2v) is 13.2. The number of amides is 2. The van der Waals surface area contributed by atoms with Crippen molar-refractivity contribution in [2.24, 2.45) is 13.0 Å². The summed E-state index contributed by atoms with van der Waals surface area (Å²) in [5.41, 5.74) is 4.27. The Morgan fingerprint density at radius 3 is 2.50 bits per heavy atom. The molecule has 4 aliphatic heterocycles. The molecule has 0 bridgehead atoms. The predicted molar refractivity (Wildman–Crippen MR) is 174 cm³/mol. The Labute approximate surface area is 269 Å². The van der Waals surface area contributed by atoms with Crippen molar-refractivity contribution in [3.05, 3.63) is 46.9 Å². The number of piperidine rings is 2. The molecule has 4 aliphatic rings. The molecular weight excluding hydrogens is 590 g/mol. The van der Waals surface area contributed by atoms with Gasteiger partial charge in [-0.3, -0.25) is 19.7 Å². The maximum Gasteiger partial charge on any atom is 0.264 e. The zero-order valence-electron chi connectivity index (χ0n) is 27.0. The second-order valence-electron chi connectivity index (χ2n) is 13.2. The fraction of sp³-hybridized carbons (Fsp3) is 0.588. The first-order valence-corrected chi connectivity index (χ1v) is 16.7. The number of hydrogen-bond donors (Lipinski definition) is 3. The van der Waals surface area contributed by atoms with E-state index in [9.17, 15) is 23.8 Å². The average Bonchev–Trinajstić information content (AvgIpc) is 3.50. The van der Waals surface area contributed by atoms with Crippen molar-refractivity contribution in [3.8, 4) is 11.1 Å². The van der Waals surface area contributed by atoms with Gasteiger partial charge in [-0.05, 0) is 80.8 Å². The molecule has 10 nitrogen and oxygen atoms in total. The predicted octanol–water partition coefficient (Wildman–Crippen LogP) is 4.23. The van der Waals surface area contributed by atoms with E-state index in [0.29, 0.717) is 68.3 Å². The minimum absolute atomic E-state index is 0.0509. The van der Waals surface area contributed by atoms with E-state index in [4.69, 9.17) is 0 Å². The Hall–Kier alpha value is -3.80. The van der Waals surface area contributed by atoms with Gasteiger partial charge in [-0.15, -0.1) is 0 Å². The van der Waals surface area contributed by atoms with Crippen LogP contribution in [-0.4, -0.2) is 89.1 Å². The lowest BCUT2D eigenvalue weighted by atomic mass is 9.92. The minimum atomic E-state index is -2.68.